The van der Waals surface area contributed by atoms with E-state index in [1.165, 1.54) is 83.8 Å². The van der Waals surface area contributed by atoms with E-state index in [1.54, 1.807) is 0 Å². The second-order valence-electron chi connectivity index (χ2n) is 14.0. The number of hydrogen-bond acceptors (Lipinski definition) is 1. The Labute approximate surface area is 267 Å². The largest absolute Gasteiger partial charge is 0.310 e. The molecule has 2 aliphatic carbocycles. The number of aryl methyl sites for hydroxylation is 2. The van der Waals surface area contributed by atoms with Gasteiger partial charge < -0.3 is 4.90 Å². The first-order valence-corrected chi connectivity index (χ1v) is 16.1. The summed E-state index contributed by atoms with van der Waals surface area (Å²) in [5, 5.41) is 0. The van der Waals surface area contributed by atoms with Gasteiger partial charge in [-0.15, -0.1) is 0 Å². The van der Waals surface area contributed by atoms with Crippen LogP contribution in [0, 0.1) is 13.8 Å². The second-order valence-corrected chi connectivity index (χ2v) is 14.0. The van der Waals surface area contributed by atoms with Gasteiger partial charge in [-0.3, -0.25) is 0 Å². The van der Waals surface area contributed by atoms with Gasteiger partial charge in [-0.1, -0.05) is 107 Å². The van der Waals surface area contributed by atoms with Crippen LogP contribution in [0.1, 0.15) is 61.1 Å². The molecule has 2 aliphatic rings. The Morgan fingerprint density at radius 1 is 0.400 bits per heavy atom. The molecule has 45 heavy (non-hydrogen) atoms. The molecule has 0 bridgehead atoms. The van der Waals surface area contributed by atoms with E-state index in [2.05, 4.69) is 174 Å². The minimum Gasteiger partial charge on any atom is -0.310 e. The third-order valence-corrected chi connectivity index (χ3v) is 10.5. The maximum absolute atomic E-state index is 2.49. The fraction of sp³-hybridized carbons (Fsp3) is 0.182. The van der Waals surface area contributed by atoms with Crippen LogP contribution in [0.3, 0.4) is 0 Å². The molecule has 0 radical (unpaired) electrons. The predicted octanol–water partition coefficient (Wildman–Crippen LogP) is 12.1. The Morgan fingerprint density at radius 3 is 1.58 bits per heavy atom. The van der Waals surface area contributed by atoms with E-state index in [9.17, 15) is 0 Å². The van der Waals surface area contributed by atoms with Crippen LogP contribution in [0.2, 0.25) is 0 Å². The topological polar surface area (TPSA) is 3.24 Å². The number of anilines is 3. The molecule has 0 N–H and O–H groups in total. The summed E-state index contributed by atoms with van der Waals surface area (Å²) in [6.07, 6.45) is 0. The van der Waals surface area contributed by atoms with Gasteiger partial charge in [0.1, 0.15) is 0 Å². The predicted molar refractivity (Wildman–Crippen MR) is 191 cm³/mol. The van der Waals surface area contributed by atoms with E-state index in [0.717, 1.165) is 0 Å². The lowest BCUT2D eigenvalue weighted by Gasteiger charge is -2.29. The van der Waals surface area contributed by atoms with Crippen molar-refractivity contribution in [3.63, 3.8) is 0 Å². The number of hydrogen-bond donors (Lipinski definition) is 0. The van der Waals surface area contributed by atoms with Crippen molar-refractivity contribution in [2.75, 3.05) is 4.90 Å². The normalized spacial score (nSPS) is 14.8. The summed E-state index contributed by atoms with van der Waals surface area (Å²) >= 11 is 0. The number of benzene rings is 6. The second kappa shape index (κ2) is 9.81. The Hall–Kier alpha value is -4.88. The van der Waals surface area contributed by atoms with Crippen molar-refractivity contribution < 1.29 is 0 Å². The van der Waals surface area contributed by atoms with Crippen molar-refractivity contribution >= 4 is 17.1 Å². The van der Waals surface area contributed by atoms with Gasteiger partial charge in [0.15, 0.2) is 0 Å². The van der Waals surface area contributed by atoms with Crippen LogP contribution in [-0.4, -0.2) is 0 Å². The third-order valence-electron chi connectivity index (χ3n) is 10.5. The Balaban J connectivity index is 1.25. The summed E-state index contributed by atoms with van der Waals surface area (Å²) in [7, 11) is 0. The molecule has 0 saturated carbocycles. The fourth-order valence-corrected chi connectivity index (χ4v) is 8.03. The number of fused-ring (bicyclic) bond motifs is 6. The van der Waals surface area contributed by atoms with Gasteiger partial charge in [0, 0.05) is 27.9 Å². The van der Waals surface area contributed by atoms with Gasteiger partial charge in [-0.25, -0.2) is 0 Å². The molecule has 0 heterocycles. The molecule has 1 heteroatoms. The summed E-state index contributed by atoms with van der Waals surface area (Å²) in [5.74, 6) is 0. The van der Waals surface area contributed by atoms with Gasteiger partial charge in [0.2, 0.25) is 0 Å². The minimum atomic E-state index is -0.138. The fourth-order valence-electron chi connectivity index (χ4n) is 8.03. The van der Waals surface area contributed by atoms with Gasteiger partial charge in [-0.05, 0) is 129 Å². The maximum atomic E-state index is 2.49. The Bertz CT molecular complexity index is 2080. The Morgan fingerprint density at radius 2 is 0.911 bits per heavy atom. The van der Waals surface area contributed by atoms with Crippen molar-refractivity contribution in [1.29, 1.82) is 0 Å². The van der Waals surface area contributed by atoms with Crippen molar-refractivity contribution in [1.82, 2.24) is 0 Å². The van der Waals surface area contributed by atoms with E-state index in [0.29, 0.717) is 0 Å². The van der Waals surface area contributed by atoms with Crippen LogP contribution in [0.5, 0.6) is 0 Å². The molecule has 6 aromatic carbocycles. The minimum absolute atomic E-state index is 0.0145. The van der Waals surface area contributed by atoms with Crippen molar-refractivity contribution in [2.24, 2.45) is 0 Å². The van der Waals surface area contributed by atoms with Gasteiger partial charge in [0.25, 0.3) is 0 Å². The van der Waals surface area contributed by atoms with Crippen LogP contribution >= 0.6 is 0 Å². The first-order chi connectivity index (χ1) is 21.7. The quantitative estimate of drug-likeness (QED) is 0.200. The van der Waals surface area contributed by atoms with Crippen LogP contribution < -0.4 is 4.90 Å². The third kappa shape index (κ3) is 4.07. The van der Waals surface area contributed by atoms with Gasteiger partial charge in [0.05, 0.1) is 0 Å². The van der Waals surface area contributed by atoms with E-state index in [4.69, 9.17) is 0 Å². The first kappa shape index (κ1) is 27.7. The zero-order valence-corrected chi connectivity index (χ0v) is 27.1. The lowest BCUT2D eigenvalue weighted by Crippen LogP contribution is -2.17. The summed E-state index contributed by atoms with van der Waals surface area (Å²) in [6.45, 7) is 14.1. The van der Waals surface area contributed by atoms with Gasteiger partial charge >= 0.3 is 0 Å². The molecule has 0 amide bonds. The molecular formula is C44H39N. The van der Waals surface area contributed by atoms with Crippen molar-refractivity contribution in [3.05, 3.63) is 161 Å². The average Bonchev–Trinajstić information content (AvgIpc) is 3.40. The Kier molecular flexibility index (Phi) is 6.03. The molecule has 0 spiro atoms. The lowest BCUT2D eigenvalue weighted by molar-refractivity contribution is 0.659. The summed E-state index contributed by atoms with van der Waals surface area (Å²) in [6, 6.07) is 47.3. The van der Waals surface area contributed by atoms with E-state index in [1.807, 2.05) is 0 Å². The molecule has 6 aromatic rings. The van der Waals surface area contributed by atoms with Crippen LogP contribution in [-0.2, 0) is 10.8 Å². The lowest BCUT2D eigenvalue weighted by atomic mass is 9.79. The van der Waals surface area contributed by atoms with Crippen LogP contribution in [0.25, 0.3) is 33.4 Å². The van der Waals surface area contributed by atoms with E-state index in [-0.39, 0.29) is 10.8 Å². The first-order valence-electron chi connectivity index (χ1n) is 16.1. The molecule has 0 fully saturated rings. The van der Waals surface area contributed by atoms with Gasteiger partial charge in [-0.2, -0.15) is 0 Å². The van der Waals surface area contributed by atoms with E-state index < -0.39 is 0 Å². The summed E-state index contributed by atoms with van der Waals surface area (Å²) in [5.41, 5.74) is 19.7. The molecule has 0 aliphatic heterocycles. The highest BCUT2D eigenvalue weighted by Gasteiger charge is 2.38. The highest BCUT2D eigenvalue weighted by atomic mass is 15.1. The molecular weight excluding hydrogens is 542 g/mol. The van der Waals surface area contributed by atoms with Crippen LogP contribution in [0.4, 0.5) is 17.1 Å². The zero-order chi connectivity index (χ0) is 31.1. The molecule has 1 nitrogen and oxygen atoms in total. The summed E-state index contributed by atoms with van der Waals surface area (Å²) in [4.78, 5) is 2.40. The molecule has 0 atom stereocenters. The zero-order valence-electron chi connectivity index (χ0n) is 27.1. The molecule has 220 valence electrons. The smallest absolute Gasteiger partial charge is 0.0494 e. The number of para-hydroxylation sites is 2. The highest BCUT2D eigenvalue weighted by Crippen LogP contribution is 2.54. The molecule has 0 saturated heterocycles. The SMILES string of the molecule is Cc1cc2c(cc1-c1ccc3c(c1)C(C)(C)c1ccccc1-3)C(C)(C)c1cc(N(c3ccccc3)c3ccccc3)c(C)cc1-2. The molecule has 8 rings (SSSR count). The standard InChI is InChI=1S/C44H39N/c1-28-23-36-37-24-29(2)42(45(31-15-9-7-10-16-31)32-17-11-8-12-18-32)27-41(37)44(5,6)40(36)26-35(28)30-21-22-34-33-19-13-14-20-38(33)43(3,4)39(34)25-30/h7-27H,1-6H3. The monoisotopic (exact) mass is 581 g/mol. The number of nitrogens with zero attached hydrogens (tertiary/aromatic N) is 1. The average molecular weight is 582 g/mol. The van der Waals surface area contributed by atoms with Crippen molar-refractivity contribution in [2.45, 2.75) is 52.4 Å². The highest BCUT2D eigenvalue weighted by molar-refractivity contribution is 5.90. The van der Waals surface area contributed by atoms with E-state index >= 15 is 0 Å². The van der Waals surface area contributed by atoms with Crippen molar-refractivity contribution in [3.8, 4) is 33.4 Å². The molecule has 0 unspecified atom stereocenters. The summed E-state index contributed by atoms with van der Waals surface area (Å²) < 4.78 is 0. The number of rotatable bonds is 4. The van der Waals surface area contributed by atoms with Crippen LogP contribution in [0.15, 0.2) is 127 Å². The molecule has 0 aromatic heterocycles. The maximum Gasteiger partial charge on any atom is 0.0494 e.